The summed E-state index contributed by atoms with van der Waals surface area (Å²) < 4.78 is 0. The molecule has 0 aliphatic heterocycles. The molecule has 0 fully saturated rings. The molecule has 0 bridgehead atoms. The molecule has 0 aliphatic rings. The number of carbonyl (C=O) groups excluding carboxylic acids is 2. The first-order valence-electron chi connectivity index (χ1n) is 8.68. The molecule has 0 radical (unpaired) electrons. The number of carbonyl (C=O) groups is 2. The summed E-state index contributed by atoms with van der Waals surface area (Å²) >= 11 is 18.0. The van der Waals surface area contributed by atoms with Gasteiger partial charge in [-0.1, -0.05) is 83.4 Å². The number of hydrogen-bond donors (Lipinski definition) is 0. The number of rotatable bonds is 6. The smallest absolute Gasteiger partial charge is 0.187 e. The maximum Gasteiger partial charge on any atom is 0.187 e. The molecule has 0 atom stereocenters. The van der Waals surface area contributed by atoms with Crippen molar-refractivity contribution in [1.82, 2.24) is 0 Å². The molecular weight excluding hydrogens is 427 g/mol. The lowest BCUT2D eigenvalue weighted by molar-refractivity contribution is 0.104. The highest BCUT2D eigenvalue weighted by Crippen LogP contribution is 2.22. The first-order chi connectivity index (χ1) is 13.9. The van der Waals surface area contributed by atoms with Crippen LogP contribution in [0.15, 0.2) is 78.9 Å². The van der Waals surface area contributed by atoms with E-state index in [9.17, 15) is 9.59 Å². The van der Waals surface area contributed by atoms with Gasteiger partial charge >= 0.3 is 0 Å². The first kappa shape index (κ1) is 21.1. The second-order valence-corrected chi connectivity index (χ2v) is 7.42. The van der Waals surface area contributed by atoms with E-state index < -0.39 is 0 Å². The largest absolute Gasteiger partial charge is 0.289 e. The van der Waals surface area contributed by atoms with Crippen LogP contribution in [0.4, 0.5) is 0 Å². The maximum atomic E-state index is 12.3. The van der Waals surface area contributed by atoms with Gasteiger partial charge in [-0.15, -0.1) is 0 Å². The molecule has 2 nitrogen and oxygen atoms in total. The van der Waals surface area contributed by atoms with E-state index in [1.807, 2.05) is 24.3 Å². The Morgan fingerprint density at radius 1 is 0.621 bits per heavy atom. The van der Waals surface area contributed by atoms with Crippen LogP contribution < -0.4 is 0 Å². The lowest BCUT2D eigenvalue weighted by atomic mass is 10.1. The summed E-state index contributed by atoms with van der Waals surface area (Å²) in [5.74, 6) is -0.393. The van der Waals surface area contributed by atoms with Crippen molar-refractivity contribution < 1.29 is 9.59 Å². The fraction of sp³-hybridized carbons (Fsp3) is 0. The summed E-state index contributed by atoms with van der Waals surface area (Å²) in [4.78, 5) is 24.5. The average molecular weight is 442 g/mol. The van der Waals surface area contributed by atoms with E-state index in [-0.39, 0.29) is 11.6 Å². The molecular formula is C24H15Cl3O2. The zero-order valence-corrected chi connectivity index (χ0v) is 17.4. The van der Waals surface area contributed by atoms with E-state index in [0.29, 0.717) is 26.2 Å². The highest BCUT2D eigenvalue weighted by molar-refractivity contribution is 6.36. The monoisotopic (exact) mass is 440 g/mol. The van der Waals surface area contributed by atoms with E-state index in [0.717, 1.165) is 11.1 Å². The minimum atomic E-state index is -0.230. The van der Waals surface area contributed by atoms with Gasteiger partial charge in [0.1, 0.15) is 0 Å². The minimum absolute atomic E-state index is 0.163. The van der Waals surface area contributed by atoms with Crippen LogP contribution in [0.2, 0.25) is 15.1 Å². The molecule has 0 N–H and O–H groups in total. The molecule has 0 amide bonds. The Labute approximate surface area is 184 Å². The van der Waals surface area contributed by atoms with Crippen LogP contribution in [0.1, 0.15) is 31.8 Å². The summed E-state index contributed by atoms with van der Waals surface area (Å²) in [6.07, 6.45) is 6.35. The van der Waals surface area contributed by atoms with E-state index in [2.05, 4.69) is 0 Å². The van der Waals surface area contributed by atoms with E-state index in [4.69, 9.17) is 34.8 Å². The molecule has 0 heterocycles. The maximum absolute atomic E-state index is 12.3. The second-order valence-electron chi connectivity index (χ2n) is 6.17. The van der Waals surface area contributed by atoms with Gasteiger partial charge in [-0.25, -0.2) is 0 Å². The summed E-state index contributed by atoms with van der Waals surface area (Å²) in [5, 5.41) is 1.23. The summed E-state index contributed by atoms with van der Waals surface area (Å²) in [5.41, 5.74) is 2.51. The van der Waals surface area contributed by atoms with Gasteiger partial charge in [0.15, 0.2) is 11.6 Å². The van der Waals surface area contributed by atoms with Crippen LogP contribution in [-0.4, -0.2) is 11.6 Å². The molecule has 0 aliphatic carbocycles. The Morgan fingerprint density at radius 3 is 1.72 bits per heavy atom. The Balaban J connectivity index is 1.68. The third-order valence-corrected chi connectivity index (χ3v) is 5.02. The summed E-state index contributed by atoms with van der Waals surface area (Å²) in [7, 11) is 0. The van der Waals surface area contributed by atoms with Crippen LogP contribution in [0.25, 0.3) is 12.2 Å². The van der Waals surface area contributed by atoms with Crippen LogP contribution in [0, 0.1) is 0 Å². The van der Waals surface area contributed by atoms with Crippen molar-refractivity contribution >= 4 is 58.5 Å². The molecule has 0 spiro atoms. The molecule has 144 valence electrons. The normalized spacial score (nSPS) is 11.3. The van der Waals surface area contributed by atoms with Gasteiger partial charge < -0.3 is 0 Å². The van der Waals surface area contributed by atoms with Crippen molar-refractivity contribution in [2.24, 2.45) is 0 Å². The summed E-state index contributed by atoms with van der Waals surface area (Å²) in [6.45, 7) is 0. The predicted molar refractivity (Wildman–Crippen MR) is 121 cm³/mol. The quantitative estimate of drug-likeness (QED) is 0.294. The van der Waals surface area contributed by atoms with Crippen LogP contribution >= 0.6 is 34.8 Å². The number of halogens is 3. The van der Waals surface area contributed by atoms with Gasteiger partial charge in [0.05, 0.1) is 10.0 Å². The third-order valence-electron chi connectivity index (χ3n) is 4.12. The summed E-state index contributed by atoms with van der Waals surface area (Å²) in [6, 6.07) is 19.1. The molecule has 29 heavy (non-hydrogen) atoms. The molecule has 0 saturated heterocycles. The lowest BCUT2D eigenvalue weighted by Crippen LogP contribution is -1.95. The molecule has 0 saturated carbocycles. The second kappa shape index (κ2) is 9.71. The van der Waals surface area contributed by atoms with Crippen LogP contribution in [0.5, 0.6) is 0 Å². The van der Waals surface area contributed by atoms with Gasteiger partial charge in [0.2, 0.25) is 0 Å². The lowest BCUT2D eigenvalue weighted by Gasteiger charge is -2.01. The van der Waals surface area contributed by atoms with Crippen molar-refractivity contribution in [3.8, 4) is 0 Å². The number of ketones is 2. The van der Waals surface area contributed by atoms with Gasteiger partial charge in [-0.3, -0.25) is 9.59 Å². The van der Waals surface area contributed by atoms with Crippen molar-refractivity contribution in [3.05, 3.63) is 116 Å². The third kappa shape index (κ3) is 5.68. The fourth-order valence-electron chi connectivity index (χ4n) is 2.59. The predicted octanol–water partition coefficient (Wildman–Crippen LogP) is 7.44. The van der Waals surface area contributed by atoms with Crippen molar-refractivity contribution in [2.75, 3.05) is 0 Å². The van der Waals surface area contributed by atoms with Crippen molar-refractivity contribution in [2.45, 2.75) is 0 Å². The van der Waals surface area contributed by atoms with Crippen molar-refractivity contribution in [3.63, 3.8) is 0 Å². The Bertz CT molecular complexity index is 1110. The highest BCUT2D eigenvalue weighted by atomic mass is 35.5. The Kier molecular flexibility index (Phi) is 7.05. The first-order valence-corrected chi connectivity index (χ1v) is 9.82. The number of allylic oxidation sites excluding steroid dienone is 2. The van der Waals surface area contributed by atoms with E-state index >= 15 is 0 Å². The molecule has 0 unspecified atom stereocenters. The zero-order chi connectivity index (χ0) is 20.8. The molecule has 0 aromatic heterocycles. The Morgan fingerprint density at radius 2 is 1.14 bits per heavy atom. The standard InChI is InChI=1S/C24H15Cl3O2/c25-18-11-12-22(27)20(15-18)24(29)14-10-17-7-5-16(6-8-17)9-13-23(28)19-3-1-2-4-21(19)26/h1-15H/b13-9+,14-10+. The van der Waals surface area contributed by atoms with Crippen LogP contribution in [0.3, 0.4) is 0 Å². The highest BCUT2D eigenvalue weighted by Gasteiger charge is 2.08. The molecule has 5 heteroatoms. The SMILES string of the molecule is O=C(/C=C/c1ccc(/C=C/C(=O)c2cc(Cl)ccc2Cl)cc1)c1ccccc1Cl. The van der Waals surface area contributed by atoms with E-state index in [1.54, 1.807) is 54.6 Å². The molecule has 3 aromatic rings. The van der Waals surface area contributed by atoms with Gasteiger partial charge in [-0.05, 0) is 53.6 Å². The van der Waals surface area contributed by atoms with Gasteiger partial charge in [0.25, 0.3) is 0 Å². The number of benzene rings is 3. The van der Waals surface area contributed by atoms with Gasteiger partial charge in [0, 0.05) is 16.1 Å². The zero-order valence-electron chi connectivity index (χ0n) is 15.1. The van der Waals surface area contributed by atoms with Gasteiger partial charge in [-0.2, -0.15) is 0 Å². The minimum Gasteiger partial charge on any atom is -0.289 e. The van der Waals surface area contributed by atoms with Crippen LogP contribution in [-0.2, 0) is 0 Å². The topological polar surface area (TPSA) is 34.1 Å². The fourth-order valence-corrected chi connectivity index (χ4v) is 3.20. The van der Waals surface area contributed by atoms with Crippen molar-refractivity contribution in [1.29, 1.82) is 0 Å². The average Bonchev–Trinajstić information content (AvgIpc) is 2.73. The number of hydrogen-bond acceptors (Lipinski definition) is 2. The molecule has 3 rings (SSSR count). The van der Waals surface area contributed by atoms with E-state index in [1.165, 1.54) is 12.2 Å². The molecule has 3 aromatic carbocycles. The Hall–Kier alpha value is -2.65.